The predicted molar refractivity (Wildman–Crippen MR) is 101 cm³/mol. The van der Waals surface area contributed by atoms with Crippen LogP contribution in [0.15, 0.2) is 54.6 Å². The van der Waals surface area contributed by atoms with Crippen molar-refractivity contribution in [2.45, 2.75) is 13.3 Å². The molecule has 26 heavy (non-hydrogen) atoms. The van der Waals surface area contributed by atoms with E-state index in [1.807, 2.05) is 49.4 Å². The normalized spacial score (nSPS) is 10.0. The van der Waals surface area contributed by atoms with Gasteiger partial charge in [0.25, 0.3) is 5.91 Å². The molecule has 3 N–H and O–H groups in total. The van der Waals surface area contributed by atoms with Crippen LogP contribution in [0, 0.1) is 0 Å². The molecule has 0 spiro atoms. The molecule has 3 amide bonds. The van der Waals surface area contributed by atoms with Crippen molar-refractivity contribution in [2.24, 2.45) is 0 Å². The van der Waals surface area contributed by atoms with Crippen LogP contribution in [0.3, 0.4) is 0 Å². The molecule has 0 aliphatic carbocycles. The second-order valence-corrected chi connectivity index (χ2v) is 5.75. The van der Waals surface area contributed by atoms with Gasteiger partial charge in [-0.2, -0.15) is 0 Å². The number of rotatable bonds is 8. The van der Waals surface area contributed by atoms with Gasteiger partial charge in [0, 0.05) is 12.1 Å². The summed E-state index contributed by atoms with van der Waals surface area (Å²) in [6, 6.07) is 17.0. The van der Waals surface area contributed by atoms with E-state index in [1.165, 1.54) is 0 Å². The Labute approximate surface area is 153 Å². The lowest BCUT2D eigenvalue weighted by Gasteiger charge is -2.08. The molecule has 0 aromatic heterocycles. The van der Waals surface area contributed by atoms with E-state index in [-0.39, 0.29) is 24.9 Å². The number of carbonyl (C=O) groups is 3. The molecule has 136 valence electrons. The van der Waals surface area contributed by atoms with E-state index in [0.29, 0.717) is 12.1 Å². The van der Waals surface area contributed by atoms with Gasteiger partial charge in [0.05, 0.1) is 13.1 Å². The molecule has 0 saturated carbocycles. The molecule has 0 atom stereocenters. The highest BCUT2D eigenvalue weighted by molar-refractivity contribution is 5.97. The molecule has 0 heterocycles. The molecule has 0 aliphatic heterocycles. The van der Waals surface area contributed by atoms with Crippen LogP contribution in [0.5, 0.6) is 0 Å². The summed E-state index contributed by atoms with van der Waals surface area (Å²) in [4.78, 5) is 35.2. The van der Waals surface area contributed by atoms with Gasteiger partial charge >= 0.3 is 0 Å². The number of benzene rings is 2. The number of hydrogen-bond donors (Lipinski definition) is 3. The molecule has 0 bridgehead atoms. The Balaban J connectivity index is 1.79. The maximum atomic E-state index is 12.1. The summed E-state index contributed by atoms with van der Waals surface area (Å²) >= 11 is 0. The molecule has 2 aromatic rings. The highest BCUT2D eigenvalue weighted by atomic mass is 16.2. The van der Waals surface area contributed by atoms with Gasteiger partial charge in [0.15, 0.2) is 0 Å². The number of nitrogens with one attached hydrogen (secondary N) is 3. The van der Waals surface area contributed by atoms with Crippen molar-refractivity contribution in [1.82, 2.24) is 16.0 Å². The number of amides is 3. The van der Waals surface area contributed by atoms with Crippen LogP contribution >= 0.6 is 0 Å². The van der Waals surface area contributed by atoms with E-state index in [2.05, 4.69) is 16.0 Å². The summed E-state index contributed by atoms with van der Waals surface area (Å²) in [6.45, 7) is 2.24. The minimum absolute atomic E-state index is 0.0967. The van der Waals surface area contributed by atoms with Crippen LogP contribution in [0.25, 0.3) is 11.1 Å². The van der Waals surface area contributed by atoms with Crippen molar-refractivity contribution in [3.63, 3.8) is 0 Å². The fourth-order valence-corrected chi connectivity index (χ4v) is 2.28. The SMILES string of the molecule is CCCNC(=O)CNC(=O)CNC(=O)c1ccc(-c2ccccc2)cc1. The zero-order valence-corrected chi connectivity index (χ0v) is 14.7. The van der Waals surface area contributed by atoms with Gasteiger partial charge in [-0.1, -0.05) is 49.4 Å². The Morgan fingerprint density at radius 3 is 1.96 bits per heavy atom. The fraction of sp³-hybridized carbons (Fsp3) is 0.250. The van der Waals surface area contributed by atoms with E-state index in [4.69, 9.17) is 0 Å². The van der Waals surface area contributed by atoms with Crippen molar-refractivity contribution in [2.75, 3.05) is 19.6 Å². The molecule has 0 radical (unpaired) electrons. The monoisotopic (exact) mass is 353 g/mol. The average Bonchev–Trinajstić information content (AvgIpc) is 2.69. The maximum absolute atomic E-state index is 12.1. The zero-order chi connectivity index (χ0) is 18.8. The van der Waals surface area contributed by atoms with Gasteiger partial charge in [0.2, 0.25) is 11.8 Å². The summed E-state index contributed by atoms with van der Waals surface area (Å²) in [5.41, 5.74) is 2.55. The lowest BCUT2D eigenvalue weighted by Crippen LogP contribution is -2.42. The molecule has 0 fully saturated rings. The van der Waals surface area contributed by atoms with Crippen molar-refractivity contribution >= 4 is 17.7 Å². The third-order valence-corrected chi connectivity index (χ3v) is 3.68. The topological polar surface area (TPSA) is 87.3 Å². The molecule has 6 nitrogen and oxygen atoms in total. The van der Waals surface area contributed by atoms with E-state index in [9.17, 15) is 14.4 Å². The van der Waals surface area contributed by atoms with E-state index in [1.54, 1.807) is 12.1 Å². The minimum atomic E-state index is -0.411. The van der Waals surface area contributed by atoms with Gasteiger partial charge in [0.1, 0.15) is 0 Å². The van der Waals surface area contributed by atoms with E-state index in [0.717, 1.165) is 17.5 Å². The average molecular weight is 353 g/mol. The Bertz CT molecular complexity index is 743. The summed E-state index contributed by atoms with van der Waals surface area (Å²) in [7, 11) is 0. The van der Waals surface area contributed by atoms with Crippen LogP contribution in [-0.4, -0.2) is 37.4 Å². The molecule has 0 unspecified atom stereocenters. The highest BCUT2D eigenvalue weighted by Gasteiger charge is 2.09. The highest BCUT2D eigenvalue weighted by Crippen LogP contribution is 2.19. The number of hydrogen-bond acceptors (Lipinski definition) is 3. The third-order valence-electron chi connectivity index (χ3n) is 3.68. The van der Waals surface area contributed by atoms with Crippen LogP contribution < -0.4 is 16.0 Å². The standard InChI is InChI=1S/C20H23N3O3/c1-2-12-21-18(24)13-22-19(25)14-23-20(26)17-10-8-16(9-11-17)15-6-4-3-5-7-15/h3-11H,2,12-14H2,1H3,(H,21,24)(H,22,25)(H,23,26). The van der Waals surface area contributed by atoms with Gasteiger partial charge in [-0.3, -0.25) is 14.4 Å². The van der Waals surface area contributed by atoms with E-state index >= 15 is 0 Å². The minimum Gasteiger partial charge on any atom is -0.355 e. The second kappa shape index (κ2) is 9.98. The molecular weight excluding hydrogens is 330 g/mol. The van der Waals surface area contributed by atoms with Crippen LogP contribution in [0.2, 0.25) is 0 Å². The largest absolute Gasteiger partial charge is 0.355 e. The van der Waals surface area contributed by atoms with Crippen molar-refractivity contribution in [3.8, 4) is 11.1 Å². The van der Waals surface area contributed by atoms with E-state index < -0.39 is 5.91 Å². The van der Waals surface area contributed by atoms with Crippen LogP contribution in [0.4, 0.5) is 0 Å². The lowest BCUT2D eigenvalue weighted by molar-refractivity contribution is -0.125. The van der Waals surface area contributed by atoms with Crippen molar-refractivity contribution in [3.05, 3.63) is 60.2 Å². The second-order valence-electron chi connectivity index (χ2n) is 5.75. The fourth-order valence-electron chi connectivity index (χ4n) is 2.28. The molecular formula is C20H23N3O3. The lowest BCUT2D eigenvalue weighted by atomic mass is 10.0. The Kier molecular flexibility index (Phi) is 7.36. The van der Waals surface area contributed by atoms with Gasteiger partial charge in [-0.05, 0) is 29.7 Å². The van der Waals surface area contributed by atoms with Crippen LogP contribution in [0.1, 0.15) is 23.7 Å². The molecule has 2 rings (SSSR count). The zero-order valence-electron chi connectivity index (χ0n) is 14.7. The summed E-state index contributed by atoms with van der Waals surface area (Å²) in [5, 5.41) is 7.66. The predicted octanol–water partition coefficient (Wildman–Crippen LogP) is 1.73. The van der Waals surface area contributed by atoms with Crippen molar-refractivity contribution < 1.29 is 14.4 Å². The summed E-state index contributed by atoms with van der Waals surface area (Å²) in [5.74, 6) is -0.996. The summed E-state index contributed by atoms with van der Waals surface area (Å²) < 4.78 is 0. The molecule has 2 aromatic carbocycles. The Hall–Kier alpha value is -3.15. The van der Waals surface area contributed by atoms with Gasteiger partial charge in [-0.25, -0.2) is 0 Å². The first-order valence-corrected chi connectivity index (χ1v) is 8.57. The first kappa shape index (κ1) is 19.2. The smallest absolute Gasteiger partial charge is 0.251 e. The van der Waals surface area contributed by atoms with Gasteiger partial charge in [-0.15, -0.1) is 0 Å². The van der Waals surface area contributed by atoms with Crippen LogP contribution in [-0.2, 0) is 9.59 Å². The van der Waals surface area contributed by atoms with Crippen molar-refractivity contribution in [1.29, 1.82) is 0 Å². The Morgan fingerprint density at radius 2 is 1.31 bits per heavy atom. The summed E-state index contributed by atoms with van der Waals surface area (Å²) in [6.07, 6.45) is 0.832. The quantitative estimate of drug-likeness (QED) is 0.675. The molecule has 6 heteroatoms. The van der Waals surface area contributed by atoms with Gasteiger partial charge < -0.3 is 16.0 Å². The first-order valence-electron chi connectivity index (χ1n) is 8.57. The first-order chi connectivity index (χ1) is 12.6. The third kappa shape index (κ3) is 6.05. The Morgan fingerprint density at radius 1 is 0.731 bits per heavy atom. The molecule has 0 saturated heterocycles. The number of carbonyl (C=O) groups excluding carboxylic acids is 3. The maximum Gasteiger partial charge on any atom is 0.251 e. The molecule has 0 aliphatic rings.